The van der Waals surface area contributed by atoms with Gasteiger partial charge in [-0.2, -0.15) is 0 Å². The third-order valence-corrected chi connectivity index (χ3v) is 4.84. The molecule has 2 aliphatic rings. The van der Waals surface area contributed by atoms with Gasteiger partial charge >= 0.3 is 0 Å². The largest absolute Gasteiger partial charge is 0.486 e. The number of aryl methyl sites for hydroxylation is 1. The normalized spacial score (nSPS) is 18.1. The second-order valence-electron chi connectivity index (χ2n) is 6.68. The minimum atomic E-state index is -0.145. The number of carbonyl (C=O) groups is 1. The minimum Gasteiger partial charge on any atom is -0.486 e. The van der Waals surface area contributed by atoms with Crippen LogP contribution in [0.4, 0.5) is 0 Å². The van der Waals surface area contributed by atoms with Gasteiger partial charge < -0.3 is 23.9 Å². The van der Waals surface area contributed by atoms with E-state index in [1.165, 1.54) is 0 Å². The lowest BCUT2D eigenvalue weighted by Crippen LogP contribution is -2.43. The summed E-state index contributed by atoms with van der Waals surface area (Å²) in [6.07, 6.45) is 0. The molecule has 1 amide bonds. The molecule has 27 heavy (non-hydrogen) atoms. The first kappa shape index (κ1) is 17.9. The molecule has 7 heteroatoms. The zero-order valence-electron chi connectivity index (χ0n) is 15.4. The van der Waals surface area contributed by atoms with Crippen molar-refractivity contribution in [1.29, 1.82) is 0 Å². The molecule has 0 spiro atoms. The van der Waals surface area contributed by atoms with E-state index in [1.54, 1.807) is 18.2 Å². The van der Waals surface area contributed by atoms with E-state index in [2.05, 4.69) is 10.2 Å². The van der Waals surface area contributed by atoms with Crippen molar-refractivity contribution in [1.82, 2.24) is 10.2 Å². The lowest BCUT2D eigenvalue weighted by molar-refractivity contribution is 0.0117. The summed E-state index contributed by atoms with van der Waals surface area (Å²) in [4.78, 5) is 15.0. The number of benzene rings is 1. The first-order valence-corrected chi connectivity index (χ1v) is 9.27. The smallest absolute Gasteiger partial charge is 0.251 e. The van der Waals surface area contributed by atoms with E-state index < -0.39 is 0 Å². The highest BCUT2D eigenvalue weighted by molar-refractivity contribution is 5.94. The molecule has 2 aliphatic heterocycles. The van der Waals surface area contributed by atoms with Crippen LogP contribution in [-0.2, 0) is 4.74 Å². The Labute approximate surface area is 158 Å². The van der Waals surface area contributed by atoms with Crippen molar-refractivity contribution in [3.63, 3.8) is 0 Å². The minimum absolute atomic E-state index is 0.0243. The summed E-state index contributed by atoms with van der Waals surface area (Å²) in [6, 6.07) is 9.16. The average Bonchev–Trinajstić information content (AvgIpc) is 3.14. The maximum atomic E-state index is 12.7. The van der Waals surface area contributed by atoms with E-state index >= 15 is 0 Å². The molecule has 1 aromatic carbocycles. The van der Waals surface area contributed by atoms with Gasteiger partial charge in [-0.05, 0) is 37.3 Å². The number of fused-ring (bicyclic) bond motifs is 1. The predicted molar refractivity (Wildman–Crippen MR) is 98.3 cm³/mol. The molecule has 1 unspecified atom stereocenters. The summed E-state index contributed by atoms with van der Waals surface area (Å²) in [7, 11) is 0. The summed E-state index contributed by atoms with van der Waals surface area (Å²) in [6.45, 7) is 6.40. The van der Waals surface area contributed by atoms with Gasteiger partial charge in [0.25, 0.3) is 5.91 Å². The van der Waals surface area contributed by atoms with Crippen molar-refractivity contribution >= 4 is 5.91 Å². The summed E-state index contributed by atoms with van der Waals surface area (Å²) >= 11 is 0. The van der Waals surface area contributed by atoms with Crippen LogP contribution >= 0.6 is 0 Å². The number of hydrogen-bond acceptors (Lipinski definition) is 6. The molecule has 0 radical (unpaired) electrons. The molecule has 3 heterocycles. The van der Waals surface area contributed by atoms with Crippen molar-refractivity contribution in [2.24, 2.45) is 0 Å². The molecule has 0 bridgehead atoms. The van der Waals surface area contributed by atoms with Crippen LogP contribution in [0.25, 0.3) is 0 Å². The fraction of sp³-hybridized carbons (Fsp3) is 0.450. The number of amides is 1. The second kappa shape index (κ2) is 8.02. The fourth-order valence-corrected chi connectivity index (χ4v) is 3.41. The Balaban J connectivity index is 1.46. The van der Waals surface area contributed by atoms with Crippen LogP contribution in [0, 0.1) is 6.92 Å². The molecule has 7 nitrogen and oxygen atoms in total. The number of rotatable bonds is 5. The van der Waals surface area contributed by atoms with Crippen molar-refractivity contribution in [3.05, 3.63) is 47.4 Å². The van der Waals surface area contributed by atoms with E-state index in [9.17, 15) is 4.79 Å². The Morgan fingerprint density at radius 1 is 1.07 bits per heavy atom. The standard InChI is InChI=1S/C20H24N2O5/c1-14-2-4-17(27-14)16(22-6-8-24-9-7-22)13-21-20(23)15-3-5-18-19(12-15)26-11-10-25-18/h2-5,12,16H,6-11,13H2,1H3,(H,21,23). The first-order chi connectivity index (χ1) is 13.2. The Bertz CT molecular complexity index is 797. The van der Waals surface area contributed by atoms with Crippen molar-refractivity contribution < 1.29 is 23.4 Å². The van der Waals surface area contributed by atoms with Crippen LogP contribution in [0.1, 0.15) is 27.9 Å². The average molecular weight is 372 g/mol. The van der Waals surface area contributed by atoms with Crippen molar-refractivity contribution in [2.45, 2.75) is 13.0 Å². The summed E-state index contributed by atoms with van der Waals surface area (Å²) < 4.78 is 22.4. The van der Waals surface area contributed by atoms with Crippen LogP contribution in [0.15, 0.2) is 34.7 Å². The molecular formula is C20H24N2O5. The van der Waals surface area contributed by atoms with Gasteiger partial charge in [0.1, 0.15) is 24.7 Å². The highest BCUT2D eigenvalue weighted by Crippen LogP contribution is 2.31. The lowest BCUT2D eigenvalue weighted by atomic mass is 10.1. The first-order valence-electron chi connectivity index (χ1n) is 9.27. The molecule has 0 saturated carbocycles. The fourth-order valence-electron chi connectivity index (χ4n) is 3.41. The van der Waals surface area contributed by atoms with E-state index in [4.69, 9.17) is 18.6 Å². The Hall–Kier alpha value is -2.51. The van der Waals surface area contributed by atoms with Gasteiger partial charge in [0.15, 0.2) is 11.5 Å². The van der Waals surface area contributed by atoms with Crippen LogP contribution in [0.3, 0.4) is 0 Å². The lowest BCUT2D eigenvalue weighted by Gasteiger charge is -2.33. The molecule has 1 atom stereocenters. The number of hydrogen-bond donors (Lipinski definition) is 1. The van der Waals surface area contributed by atoms with Crippen molar-refractivity contribution in [3.8, 4) is 11.5 Å². The number of nitrogens with zero attached hydrogens (tertiary/aromatic N) is 1. The van der Waals surface area contributed by atoms with Crippen LogP contribution < -0.4 is 14.8 Å². The van der Waals surface area contributed by atoms with E-state index in [0.717, 1.165) is 24.6 Å². The summed E-state index contributed by atoms with van der Waals surface area (Å²) in [5.41, 5.74) is 0.551. The Kier molecular flexibility index (Phi) is 5.31. The van der Waals surface area contributed by atoms with Crippen molar-refractivity contribution in [2.75, 3.05) is 46.1 Å². The van der Waals surface area contributed by atoms with Crippen LogP contribution in [-0.4, -0.2) is 56.9 Å². The van der Waals surface area contributed by atoms with Gasteiger partial charge in [0.05, 0.1) is 19.3 Å². The Morgan fingerprint density at radius 3 is 2.59 bits per heavy atom. The zero-order chi connectivity index (χ0) is 18.6. The number of furan rings is 1. The molecule has 1 N–H and O–H groups in total. The van der Waals surface area contributed by atoms with Gasteiger partial charge in [-0.25, -0.2) is 0 Å². The number of nitrogens with one attached hydrogen (secondary N) is 1. The van der Waals surface area contributed by atoms with Gasteiger partial charge in [-0.3, -0.25) is 9.69 Å². The highest BCUT2D eigenvalue weighted by atomic mass is 16.6. The van der Waals surface area contributed by atoms with Crippen LogP contribution in [0.2, 0.25) is 0 Å². The van der Waals surface area contributed by atoms with Gasteiger partial charge in [0, 0.05) is 25.2 Å². The van der Waals surface area contributed by atoms with Gasteiger partial charge in [0.2, 0.25) is 0 Å². The second-order valence-corrected chi connectivity index (χ2v) is 6.68. The number of carbonyl (C=O) groups excluding carboxylic acids is 1. The molecule has 4 rings (SSSR count). The quantitative estimate of drug-likeness (QED) is 0.867. The molecular weight excluding hydrogens is 348 g/mol. The van der Waals surface area contributed by atoms with Crippen LogP contribution in [0.5, 0.6) is 11.5 Å². The molecule has 0 aliphatic carbocycles. The maximum Gasteiger partial charge on any atom is 0.251 e. The van der Waals surface area contributed by atoms with E-state index in [1.807, 2.05) is 19.1 Å². The highest BCUT2D eigenvalue weighted by Gasteiger charge is 2.26. The number of morpholine rings is 1. The third kappa shape index (κ3) is 4.09. The predicted octanol–water partition coefficient (Wildman–Crippen LogP) is 2.16. The van der Waals surface area contributed by atoms with Gasteiger partial charge in [-0.15, -0.1) is 0 Å². The number of ether oxygens (including phenoxy) is 3. The Morgan fingerprint density at radius 2 is 1.85 bits per heavy atom. The third-order valence-electron chi connectivity index (χ3n) is 4.84. The topological polar surface area (TPSA) is 73.2 Å². The summed E-state index contributed by atoms with van der Waals surface area (Å²) in [5.74, 6) is 2.86. The molecule has 1 fully saturated rings. The monoisotopic (exact) mass is 372 g/mol. The van der Waals surface area contributed by atoms with E-state index in [0.29, 0.717) is 50.0 Å². The molecule has 2 aromatic rings. The van der Waals surface area contributed by atoms with Gasteiger partial charge in [-0.1, -0.05) is 0 Å². The maximum absolute atomic E-state index is 12.7. The van der Waals surface area contributed by atoms with E-state index in [-0.39, 0.29) is 11.9 Å². The SMILES string of the molecule is Cc1ccc(C(CNC(=O)c2ccc3c(c2)OCCO3)N2CCOCC2)o1. The molecule has 144 valence electrons. The molecule has 1 aromatic heterocycles. The zero-order valence-corrected chi connectivity index (χ0v) is 15.4. The molecule has 1 saturated heterocycles. The summed E-state index contributed by atoms with van der Waals surface area (Å²) in [5, 5.41) is 3.03.